The Morgan fingerprint density at radius 2 is 0.459 bits per heavy atom. The van der Waals surface area contributed by atoms with Crippen molar-refractivity contribution >= 4 is 183 Å². The van der Waals surface area contributed by atoms with Crippen LogP contribution in [-0.4, -0.2) is 14.2 Å². The van der Waals surface area contributed by atoms with E-state index < -0.39 is 0 Å². The van der Waals surface area contributed by atoms with Crippen LogP contribution in [0.4, 0.5) is 102 Å². The summed E-state index contributed by atoms with van der Waals surface area (Å²) in [4.78, 5) is 18.3. The summed E-state index contributed by atoms with van der Waals surface area (Å²) in [5.41, 5.74) is 24.1. The quantitative estimate of drug-likeness (QED) is 0.0428. The van der Waals surface area contributed by atoms with Gasteiger partial charge in [0.1, 0.15) is 0 Å². The molecule has 1 unspecified atom stereocenters. The first-order valence-corrected chi connectivity index (χ1v) is 44.3. The van der Waals surface area contributed by atoms with Crippen molar-refractivity contribution in [3.8, 4) is 22.4 Å². The Kier molecular flexibility index (Phi) is 28.4. The molecule has 0 N–H and O–H groups in total. The number of para-hydroxylation sites is 5. The average Bonchev–Trinajstić information content (AvgIpc) is 0.782. The molecule has 0 aliphatic heterocycles. The van der Waals surface area contributed by atoms with Gasteiger partial charge in [0.2, 0.25) is 0 Å². The smallest absolute Gasteiger partial charge is 0.265 e. The molecule has 0 spiro atoms. The summed E-state index contributed by atoms with van der Waals surface area (Å²) >= 11 is 0. The predicted octanol–water partition coefficient (Wildman–Crippen LogP) is 34.6. The molecular formula is C121H92BIrN8P2-. The Morgan fingerprint density at radius 1 is 0.226 bits per heavy atom. The molecule has 0 aliphatic carbocycles. The maximum absolute atomic E-state index is 5.67. The monoisotopic (exact) mass is 1920 g/mol. The summed E-state index contributed by atoms with van der Waals surface area (Å²) in [6.45, 7) is 0. The maximum atomic E-state index is 5.67. The zero-order chi connectivity index (χ0) is 90.3. The molecule has 21 aromatic carbocycles. The van der Waals surface area contributed by atoms with Gasteiger partial charge in [-0.05, 0) is 281 Å². The molecule has 8 nitrogen and oxygen atoms in total. The summed E-state index contributed by atoms with van der Waals surface area (Å²) in [5.74, 6) is 0. The number of fused-ring (bicyclic) bond motifs is 5. The molecule has 12 heteroatoms. The van der Waals surface area contributed by atoms with Crippen LogP contribution in [0.3, 0.4) is 0 Å². The van der Waals surface area contributed by atoms with Gasteiger partial charge in [0.05, 0.1) is 12.7 Å². The standard InChI is InChI=1S/C66H48N4.C44H32N2.C11H8N.BHNP.Ir.H3P/c1-4-22-55(23-5-1)68(64-31-28-49-16-10-13-19-52(49)46-64)61-40-34-58(35-41-61)67(59-36-42-62(43-37-59)69(56-24-6-2-7-25-56)65-32-29-50-17-11-14-20-53(50)47-65)60-38-44-63(45-39-60)70(57-26-8-3-9-27-57)66-33-30-51-18-12-15-21-54(51)48-66;1-3-17-37(18-4-1)45(43-23-11-15-35-13-7-9-21-41(35)43)39-29-25-33(26-30-39)34-27-31-40(32-28-34)46(38-19-5-2-6-20-38)44-24-12-16-36-14-8-10-22-42(36)44;1-2-6-10(7-3-1)11-8-4-5-9-12-11;1-2-3;;/h1-48H;1-32H;1-6,8-9H;3H;;1H3/q;;-1;;;/i;;;;;1D. The van der Waals surface area contributed by atoms with Crippen LogP contribution >= 0.6 is 18.9 Å². The Bertz CT molecular complexity index is 6960. The van der Waals surface area contributed by atoms with Crippen molar-refractivity contribution in [3.63, 3.8) is 0 Å². The zero-order valence-corrected chi connectivity index (χ0v) is 77.4. The number of benzene rings is 21. The third kappa shape index (κ3) is 20.4. The predicted molar refractivity (Wildman–Crippen MR) is 570 cm³/mol. The van der Waals surface area contributed by atoms with Crippen molar-refractivity contribution < 1.29 is 20.1 Å². The van der Waals surface area contributed by atoms with Crippen molar-refractivity contribution in [3.05, 3.63) is 540 Å². The number of aromatic nitrogens is 1. The summed E-state index contributed by atoms with van der Waals surface area (Å²) in [6, 6.07) is 191. The van der Waals surface area contributed by atoms with Gasteiger partial charge in [-0.25, -0.2) is 0 Å². The molecule has 0 saturated heterocycles. The van der Waals surface area contributed by atoms with Crippen LogP contribution in [0.5, 0.6) is 0 Å². The SMILES string of the molecule is [2H]P.[B]N=P.[Ir].[c-]1ccccc1-c1ccccn1.c1ccc(N(c2ccc(-c3ccc(N(c4ccccc4)c4cccc5ccccc45)cc3)cc2)c2cccc3ccccc23)cc1.c1ccc(N(c2ccc(N(c3ccc(N(c4ccccc4)c4ccc5ccccc5c4)cc3)c3ccc(N(c4ccccc4)c4ccc5ccccc5c4)cc3)cc2)c2ccc3ccccc3c2)cc1. The number of nitrogens with zero attached hydrogens (tertiary/aromatic N) is 8. The average molecular weight is 1920 g/mol. The van der Waals surface area contributed by atoms with E-state index in [-0.39, 0.29) is 20.1 Å². The van der Waals surface area contributed by atoms with Gasteiger partial charge in [0.15, 0.2) is 0 Å². The second-order valence-electron chi connectivity index (χ2n) is 31.5. The first kappa shape index (κ1) is 87.8. The first-order chi connectivity index (χ1) is 65.9. The van der Waals surface area contributed by atoms with E-state index in [4.69, 9.17) is 1.28 Å². The van der Waals surface area contributed by atoms with Crippen LogP contribution in [-0.2, 0) is 20.1 Å². The van der Waals surface area contributed by atoms with E-state index in [0.717, 1.165) is 114 Å². The second-order valence-corrected chi connectivity index (χ2v) is 31.8. The van der Waals surface area contributed by atoms with Gasteiger partial charge in [-0.2, -0.15) is 9.84 Å². The van der Waals surface area contributed by atoms with Crippen LogP contribution < -0.4 is 29.4 Å². The third-order valence-corrected chi connectivity index (χ3v) is 23.4. The fraction of sp³-hybridized carbons (Fsp3) is 0. The summed E-state index contributed by atoms with van der Waals surface area (Å²) in [6.07, 6.45) is 1.79. The molecule has 133 heavy (non-hydrogen) atoms. The first-order valence-electron chi connectivity index (χ1n) is 44.4. The zero-order valence-electron chi connectivity index (χ0n) is 73.9. The molecule has 1 atom stereocenters. The maximum Gasteiger partial charge on any atom is 0.265 e. The summed E-state index contributed by atoms with van der Waals surface area (Å²) < 4.78 is 8.47. The summed E-state index contributed by atoms with van der Waals surface area (Å²) in [7, 11) is 8.64. The van der Waals surface area contributed by atoms with Crippen LogP contribution in [0.1, 0.15) is 0 Å². The Labute approximate surface area is 799 Å². The van der Waals surface area contributed by atoms with E-state index in [0.29, 0.717) is 0 Å². The molecule has 22 aromatic rings. The van der Waals surface area contributed by atoms with E-state index in [9.17, 15) is 0 Å². The molecule has 1 aromatic heterocycles. The van der Waals surface area contributed by atoms with Gasteiger partial charge in [0.25, 0.3) is 7.98 Å². The van der Waals surface area contributed by atoms with E-state index >= 15 is 0 Å². The Morgan fingerprint density at radius 3 is 0.759 bits per heavy atom. The molecule has 0 bridgehead atoms. The number of hydrogen-bond acceptors (Lipinski definition) is 8. The van der Waals surface area contributed by atoms with Gasteiger partial charge in [-0.1, -0.05) is 291 Å². The fourth-order valence-corrected chi connectivity index (χ4v) is 17.2. The van der Waals surface area contributed by atoms with Gasteiger partial charge in [0, 0.05) is 128 Å². The minimum atomic E-state index is 0. The molecule has 0 fully saturated rings. The van der Waals surface area contributed by atoms with Crippen LogP contribution in [0.2, 0.25) is 0 Å². The van der Waals surface area contributed by atoms with Crippen molar-refractivity contribution in [2.75, 3.05) is 29.4 Å². The van der Waals surface area contributed by atoms with Crippen molar-refractivity contribution in [2.24, 2.45) is 4.66 Å². The van der Waals surface area contributed by atoms with Crippen molar-refractivity contribution in [1.29, 1.82) is 1.28 Å². The topological polar surface area (TPSA) is 44.7 Å². The van der Waals surface area contributed by atoms with Gasteiger partial charge < -0.3 is 39.0 Å². The minimum Gasteiger partial charge on any atom is -0.344 e. The molecule has 3 radical (unpaired) electrons. The molecule has 0 aliphatic rings. The normalized spacial score (nSPS) is 10.7. The minimum absolute atomic E-state index is 0. The summed E-state index contributed by atoms with van der Waals surface area (Å²) in [5, 5.41) is 12.2. The molecule has 639 valence electrons. The third-order valence-electron chi connectivity index (χ3n) is 23.4. The number of rotatable bonds is 20. The molecule has 22 rings (SSSR count). The van der Waals surface area contributed by atoms with Gasteiger partial charge in [-0.15, -0.1) is 35.9 Å². The van der Waals surface area contributed by atoms with Crippen LogP contribution in [0.15, 0.2) is 539 Å². The number of anilines is 18. The van der Waals surface area contributed by atoms with E-state index in [2.05, 4.69) is 547 Å². The van der Waals surface area contributed by atoms with Crippen LogP contribution in [0.25, 0.3) is 76.2 Å². The molecule has 1 heterocycles. The van der Waals surface area contributed by atoms with Crippen LogP contribution in [0, 0.1) is 6.07 Å². The number of pyridine rings is 1. The van der Waals surface area contributed by atoms with E-state index in [1.807, 2.05) is 42.5 Å². The fourth-order valence-electron chi connectivity index (χ4n) is 17.2. The molecule has 0 amide bonds. The van der Waals surface area contributed by atoms with Crippen molar-refractivity contribution in [2.45, 2.75) is 0 Å². The second kappa shape index (κ2) is 43.0. The molecular weight excluding hydrogens is 1830 g/mol. The van der Waals surface area contributed by atoms with Gasteiger partial charge in [-0.3, -0.25) is 0 Å². The van der Waals surface area contributed by atoms with Gasteiger partial charge >= 0.3 is 0 Å². The Balaban J connectivity index is 0.000000166. The number of hydrogen-bond donors (Lipinski definition) is 0. The van der Waals surface area contributed by atoms with Crippen molar-refractivity contribution in [1.82, 2.24) is 4.98 Å². The van der Waals surface area contributed by atoms with E-state index in [1.165, 1.54) is 65.0 Å². The van der Waals surface area contributed by atoms with E-state index in [1.54, 1.807) is 16.0 Å². The Hall–Kier alpha value is -15.9. The molecule has 0 saturated carbocycles. The largest absolute Gasteiger partial charge is 0.344 e.